The summed E-state index contributed by atoms with van der Waals surface area (Å²) in [5.74, 6) is 1.73. The molecule has 1 aliphatic heterocycles. The van der Waals surface area contributed by atoms with Crippen molar-refractivity contribution in [2.24, 2.45) is 5.92 Å². The SMILES string of the molecule is CCc1nc(C(=O)N2CCC(CN(C)C)CC2)n[nH]1. The molecule has 1 aromatic heterocycles. The Hall–Kier alpha value is -1.43. The van der Waals surface area contributed by atoms with E-state index in [9.17, 15) is 4.79 Å². The summed E-state index contributed by atoms with van der Waals surface area (Å²) in [5.41, 5.74) is 0. The molecule has 1 amide bonds. The number of hydrogen-bond acceptors (Lipinski definition) is 4. The van der Waals surface area contributed by atoms with Gasteiger partial charge in [0.2, 0.25) is 5.82 Å². The van der Waals surface area contributed by atoms with Crippen LogP contribution in [0.5, 0.6) is 0 Å². The van der Waals surface area contributed by atoms with Crippen LogP contribution < -0.4 is 0 Å². The van der Waals surface area contributed by atoms with E-state index < -0.39 is 0 Å². The second-order valence-electron chi connectivity index (χ2n) is 5.46. The first kappa shape index (κ1) is 14.0. The molecule has 19 heavy (non-hydrogen) atoms. The highest BCUT2D eigenvalue weighted by Crippen LogP contribution is 2.18. The Morgan fingerprint density at radius 3 is 2.63 bits per heavy atom. The zero-order valence-corrected chi connectivity index (χ0v) is 12.0. The number of piperidine rings is 1. The van der Waals surface area contributed by atoms with Crippen molar-refractivity contribution in [2.45, 2.75) is 26.2 Å². The molecule has 0 atom stereocenters. The molecule has 0 aliphatic carbocycles. The summed E-state index contributed by atoms with van der Waals surface area (Å²) >= 11 is 0. The van der Waals surface area contributed by atoms with Crippen LogP contribution in [0.2, 0.25) is 0 Å². The van der Waals surface area contributed by atoms with Crippen LogP contribution in [0.25, 0.3) is 0 Å². The van der Waals surface area contributed by atoms with E-state index in [1.165, 1.54) is 0 Å². The summed E-state index contributed by atoms with van der Waals surface area (Å²) in [4.78, 5) is 20.5. The fourth-order valence-electron chi connectivity index (χ4n) is 2.53. The van der Waals surface area contributed by atoms with Gasteiger partial charge in [-0.3, -0.25) is 9.89 Å². The summed E-state index contributed by atoms with van der Waals surface area (Å²) in [6, 6.07) is 0. The van der Waals surface area contributed by atoms with Gasteiger partial charge < -0.3 is 9.80 Å². The molecule has 0 unspecified atom stereocenters. The second-order valence-corrected chi connectivity index (χ2v) is 5.46. The maximum Gasteiger partial charge on any atom is 0.293 e. The summed E-state index contributed by atoms with van der Waals surface area (Å²) in [6.07, 6.45) is 2.90. The van der Waals surface area contributed by atoms with E-state index in [-0.39, 0.29) is 5.91 Å². The monoisotopic (exact) mass is 265 g/mol. The van der Waals surface area contributed by atoms with E-state index >= 15 is 0 Å². The van der Waals surface area contributed by atoms with E-state index in [1.54, 1.807) is 0 Å². The number of aromatic amines is 1. The molecular formula is C13H23N5O. The van der Waals surface area contributed by atoms with E-state index in [4.69, 9.17) is 0 Å². The zero-order chi connectivity index (χ0) is 13.8. The van der Waals surface area contributed by atoms with Gasteiger partial charge in [-0.25, -0.2) is 4.98 Å². The van der Waals surface area contributed by atoms with E-state index in [0.29, 0.717) is 11.7 Å². The highest BCUT2D eigenvalue weighted by Gasteiger charge is 2.26. The van der Waals surface area contributed by atoms with Crippen LogP contribution in [0.3, 0.4) is 0 Å². The molecule has 0 radical (unpaired) electrons. The first-order valence-electron chi connectivity index (χ1n) is 6.95. The van der Waals surface area contributed by atoms with Crippen LogP contribution in [-0.2, 0) is 6.42 Å². The molecule has 1 fully saturated rings. The summed E-state index contributed by atoms with van der Waals surface area (Å²) in [5, 5.41) is 6.79. The van der Waals surface area contributed by atoms with Crippen molar-refractivity contribution in [3.05, 3.63) is 11.6 Å². The minimum atomic E-state index is -0.0424. The number of H-pyrrole nitrogens is 1. The summed E-state index contributed by atoms with van der Waals surface area (Å²) < 4.78 is 0. The summed E-state index contributed by atoms with van der Waals surface area (Å²) in [7, 11) is 4.19. The lowest BCUT2D eigenvalue weighted by molar-refractivity contribution is 0.0666. The number of carbonyl (C=O) groups excluding carboxylic acids is 1. The van der Waals surface area contributed by atoms with Gasteiger partial charge in [0.15, 0.2) is 0 Å². The van der Waals surface area contributed by atoms with Crippen molar-refractivity contribution >= 4 is 5.91 Å². The molecule has 1 aliphatic rings. The van der Waals surface area contributed by atoms with Gasteiger partial charge in [0.25, 0.3) is 5.91 Å². The van der Waals surface area contributed by atoms with Gasteiger partial charge in [-0.1, -0.05) is 6.92 Å². The van der Waals surface area contributed by atoms with Gasteiger partial charge in [0.05, 0.1) is 0 Å². The number of nitrogens with zero attached hydrogens (tertiary/aromatic N) is 4. The Bertz CT molecular complexity index is 420. The highest BCUT2D eigenvalue weighted by atomic mass is 16.2. The number of aromatic nitrogens is 3. The second kappa shape index (κ2) is 6.14. The lowest BCUT2D eigenvalue weighted by atomic mass is 9.96. The quantitative estimate of drug-likeness (QED) is 0.874. The topological polar surface area (TPSA) is 65.1 Å². The Balaban J connectivity index is 1.88. The lowest BCUT2D eigenvalue weighted by Gasteiger charge is -2.32. The molecule has 2 heterocycles. The number of aryl methyl sites for hydroxylation is 1. The van der Waals surface area contributed by atoms with Gasteiger partial charge in [-0.15, -0.1) is 5.10 Å². The molecular weight excluding hydrogens is 242 g/mol. The zero-order valence-electron chi connectivity index (χ0n) is 12.0. The predicted octanol–water partition coefficient (Wildman–Crippen LogP) is 0.781. The molecule has 0 bridgehead atoms. The first-order valence-corrected chi connectivity index (χ1v) is 6.95. The van der Waals surface area contributed by atoms with Crippen LogP contribution in [0.4, 0.5) is 0 Å². The van der Waals surface area contributed by atoms with Crippen LogP contribution >= 0.6 is 0 Å². The summed E-state index contributed by atoms with van der Waals surface area (Å²) in [6.45, 7) is 4.71. The maximum absolute atomic E-state index is 12.2. The fourth-order valence-corrected chi connectivity index (χ4v) is 2.53. The van der Waals surface area contributed by atoms with Crippen molar-refractivity contribution in [1.82, 2.24) is 25.0 Å². The lowest BCUT2D eigenvalue weighted by Crippen LogP contribution is -2.41. The van der Waals surface area contributed by atoms with Crippen LogP contribution in [0.1, 0.15) is 36.2 Å². The van der Waals surface area contributed by atoms with Crippen LogP contribution in [0.15, 0.2) is 0 Å². The third-order valence-electron chi connectivity index (χ3n) is 3.58. The maximum atomic E-state index is 12.2. The van der Waals surface area contributed by atoms with Crippen molar-refractivity contribution in [1.29, 1.82) is 0 Å². The number of amides is 1. The number of likely N-dealkylation sites (tertiary alicyclic amines) is 1. The van der Waals surface area contributed by atoms with E-state index in [0.717, 1.165) is 44.7 Å². The molecule has 0 aromatic carbocycles. The van der Waals surface area contributed by atoms with E-state index in [2.05, 4.69) is 34.2 Å². The smallest absolute Gasteiger partial charge is 0.293 e. The molecule has 106 valence electrons. The van der Waals surface area contributed by atoms with Gasteiger partial charge >= 0.3 is 0 Å². The third kappa shape index (κ3) is 3.53. The Labute approximate surface area is 114 Å². The third-order valence-corrected chi connectivity index (χ3v) is 3.58. The highest BCUT2D eigenvalue weighted by molar-refractivity contribution is 5.90. The standard InChI is InChI=1S/C13H23N5O/c1-4-11-14-12(16-15-11)13(19)18-7-5-10(6-8-18)9-17(2)3/h10H,4-9H2,1-3H3,(H,14,15,16). The number of hydrogen-bond donors (Lipinski definition) is 1. The Morgan fingerprint density at radius 1 is 1.42 bits per heavy atom. The van der Waals surface area contributed by atoms with Gasteiger partial charge in [0.1, 0.15) is 5.82 Å². The van der Waals surface area contributed by atoms with Crippen LogP contribution in [-0.4, -0.2) is 64.6 Å². The molecule has 6 heteroatoms. The minimum absolute atomic E-state index is 0.0424. The average molecular weight is 265 g/mol. The molecule has 1 N–H and O–H groups in total. The van der Waals surface area contributed by atoms with Crippen molar-refractivity contribution in [3.8, 4) is 0 Å². The van der Waals surface area contributed by atoms with Crippen molar-refractivity contribution in [2.75, 3.05) is 33.7 Å². The van der Waals surface area contributed by atoms with E-state index in [1.807, 2.05) is 11.8 Å². The molecule has 0 saturated carbocycles. The number of carbonyl (C=O) groups is 1. The van der Waals surface area contributed by atoms with Crippen molar-refractivity contribution in [3.63, 3.8) is 0 Å². The normalized spacial score (nSPS) is 17.2. The van der Waals surface area contributed by atoms with Gasteiger partial charge in [-0.2, -0.15) is 0 Å². The largest absolute Gasteiger partial charge is 0.336 e. The van der Waals surface area contributed by atoms with Gasteiger partial charge in [-0.05, 0) is 32.9 Å². The Kier molecular flexibility index (Phi) is 4.52. The minimum Gasteiger partial charge on any atom is -0.336 e. The molecule has 6 nitrogen and oxygen atoms in total. The Morgan fingerprint density at radius 2 is 2.11 bits per heavy atom. The molecule has 2 rings (SSSR count). The van der Waals surface area contributed by atoms with Crippen molar-refractivity contribution < 1.29 is 4.79 Å². The molecule has 0 spiro atoms. The number of rotatable bonds is 4. The molecule has 1 saturated heterocycles. The average Bonchev–Trinajstić information content (AvgIpc) is 2.87. The molecule has 1 aromatic rings. The van der Waals surface area contributed by atoms with Gasteiger partial charge in [0, 0.05) is 26.1 Å². The first-order chi connectivity index (χ1) is 9.10. The number of nitrogens with one attached hydrogen (secondary N) is 1. The predicted molar refractivity (Wildman–Crippen MR) is 72.9 cm³/mol. The fraction of sp³-hybridized carbons (Fsp3) is 0.769. The van der Waals surface area contributed by atoms with Crippen LogP contribution in [0, 0.1) is 5.92 Å².